The number of nitrogens with zero attached hydrogens (tertiary/aromatic N) is 1. The number of para-hydroxylation sites is 1. The Kier molecular flexibility index (Phi) is 5.23. The van der Waals surface area contributed by atoms with Gasteiger partial charge < -0.3 is 10.2 Å². The summed E-state index contributed by atoms with van der Waals surface area (Å²) in [6.45, 7) is 7.57. The normalized spacial score (nSPS) is 13.8. The van der Waals surface area contributed by atoms with Crippen LogP contribution in [0.15, 0.2) is 35.5 Å². The third kappa shape index (κ3) is 4.23. The largest absolute Gasteiger partial charge is 0.359 e. The zero-order valence-electron chi connectivity index (χ0n) is 11.7. The summed E-state index contributed by atoms with van der Waals surface area (Å²) in [5, 5.41) is 3.39. The van der Waals surface area contributed by atoms with Crippen LogP contribution < -0.4 is 5.32 Å². The topological polar surface area (TPSA) is 15.3 Å². The van der Waals surface area contributed by atoms with Crippen LogP contribution in [-0.4, -0.2) is 25.5 Å². The van der Waals surface area contributed by atoms with Crippen molar-refractivity contribution in [2.45, 2.75) is 27.2 Å². The van der Waals surface area contributed by atoms with Gasteiger partial charge >= 0.3 is 0 Å². The molecule has 0 radical (unpaired) electrons. The Hall–Kier alpha value is -1.28. The summed E-state index contributed by atoms with van der Waals surface area (Å²) in [7, 11) is 4.11. The number of anilines is 1. The van der Waals surface area contributed by atoms with E-state index >= 15 is 0 Å². The number of benzene rings is 1. The van der Waals surface area contributed by atoms with Crippen molar-refractivity contribution in [1.82, 2.24) is 4.90 Å². The third-order valence-corrected chi connectivity index (χ3v) is 3.07. The van der Waals surface area contributed by atoms with Gasteiger partial charge in [-0.05, 0) is 58.1 Å². The maximum Gasteiger partial charge on any atom is 0.0417 e. The molecule has 0 atom stereocenters. The van der Waals surface area contributed by atoms with Crippen LogP contribution in [0.25, 0.3) is 0 Å². The Morgan fingerprint density at radius 2 is 1.76 bits per heavy atom. The molecule has 94 valence electrons. The predicted molar refractivity (Wildman–Crippen MR) is 76.4 cm³/mol. The van der Waals surface area contributed by atoms with Crippen LogP contribution >= 0.6 is 0 Å². The standard InChI is InChI=1S/C11H13N.C4H11N/c1-8-7-10-5-3-4-6-11(10)12-9(8)2;1-4-5(2)3/h3-6,12H,7H2,1-2H3;4H2,1-3H3. The number of rotatable bonds is 1. The average Bonchev–Trinajstić information content (AvgIpc) is 2.31. The number of allylic oxidation sites excluding steroid dienone is 2. The molecular weight excluding hydrogens is 208 g/mol. The zero-order chi connectivity index (χ0) is 12.8. The van der Waals surface area contributed by atoms with Crippen LogP contribution in [0.2, 0.25) is 0 Å². The molecule has 1 aliphatic rings. The van der Waals surface area contributed by atoms with Gasteiger partial charge in [0, 0.05) is 11.4 Å². The molecule has 0 spiro atoms. The van der Waals surface area contributed by atoms with Crippen LogP contribution in [0.1, 0.15) is 26.3 Å². The van der Waals surface area contributed by atoms with Crippen LogP contribution in [0.3, 0.4) is 0 Å². The van der Waals surface area contributed by atoms with Crippen LogP contribution in [0.5, 0.6) is 0 Å². The maximum absolute atomic E-state index is 3.39. The van der Waals surface area contributed by atoms with E-state index in [0.29, 0.717) is 0 Å². The van der Waals surface area contributed by atoms with Gasteiger partial charge in [-0.3, -0.25) is 0 Å². The summed E-state index contributed by atoms with van der Waals surface area (Å²) in [5.74, 6) is 0. The molecule has 1 N–H and O–H groups in total. The molecule has 17 heavy (non-hydrogen) atoms. The summed E-state index contributed by atoms with van der Waals surface area (Å²) in [5.41, 5.74) is 5.41. The first-order valence-electron chi connectivity index (χ1n) is 6.20. The highest BCUT2D eigenvalue weighted by Crippen LogP contribution is 2.26. The van der Waals surface area contributed by atoms with E-state index in [1.165, 1.54) is 22.5 Å². The molecule has 1 aliphatic heterocycles. The van der Waals surface area contributed by atoms with E-state index in [9.17, 15) is 0 Å². The zero-order valence-corrected chi connectivity index (χ0v) is 11.7. The highest BCUT2D eigenvalue weighted by molar-refractivity contribution is 5.59. The smallest absolute Gasteiger partial charge is 0.0417 e. The minimum atomic E-state index is 1.09. The van der Waals surface area contributed by atoms with E-state index in [1.807, 2.05) is 0 Å². The SMILES string of the molecule is CC1=C(C)Nc2ccccc2C1.CCN(C)C. The van der Waals surface area contributed by atoms with Crippen LogP contribution in [0, 0.1) is 0 Å². The second kappa shape index (κ2) is 6.45. The molecule has 0 aliphatic carbocycles. The van der Waals surface area contributed by atoms with E-state index in [-0.39, 0.29) is 0 Å². The second-order valence-electron chi connectivity index (χ2n) is 4.76. The molecule has 0 fully saturated rings. The first kappa shape index (κ1) is 13.8. The molecule has 0 bridgehead atoms. The Bertz CT molecular complexity index is 359. The van der Waals surface area contributed by atoms with Gasteiger partial charge in [-0.2, -0.15) is 0 Å². The number of fused-ring (bicyclic) bond motifs is 1. The van der Waals surface area contributed by atoms with E-state index in [0.717, 1.165) is 13.0 Å². The van der Waals surface area contributed by atoms with Crippen molar-refractivity contribution in [3.8, 4) is 0 Å². The van der Waals surface area contributed by atoms with E-state index < -0.39 is 0 Å². The quantitative estimate of drug-likeness (QED) is 0.797. The average molecular weight is 232 g/mol. The lowest BCUT2D eigenvalue weighted by atomic mass is 9.99. The van der Waals surface area contributed by atoms with Crippen molar-refractivity contribution >= 4 is 5.69 Å². The van der Waals surface area contributed by atoms with Crippen LogP contribution in [0.4, 0.5) is 5.69 Å². The minimum Gasteiger partial charge on any atom is -0.359 e. The van der Waals surface area contributed by atoms with Crippen molar-refractivity contribution in [2.75, 3.05) is 26.0 Å². The molecule has 0 aromatic heterocycles. The fraction of sp³-hybridized carbons (Fsp3) is 0.467. The fourth-order valence-corrected chi connectivity index (χ4v) is 1.52. The van der Waals surface area contributed by atoms with Crippen LogP contribution in [-0.2, 0) is 6.42 Å². The van der Waals surface area contributed by atoms with Crippen molar-refractivity contribution < 1.29 is 0 Å². The summed E-state index contributed by atoms with van der Waals surface area (Å²) in [6.07, 6.45) is 1.09. The van der Waals surface area contributed by atoms with E-state index in [4.69, 9.17) is 0 Å². The molecule has 0 unspecified atom stereocenters. The van der Waals surface area contributed by atoms with Gasteiger partial charge in [0.15, 0.2) is 0 Å². The van der Waals surface area contributed by atoms with Crippen molar-refractivity contribution in [1.29, 1.82) is 0 Å². The monoisotopic (exact) mass is 232 g/mol. The molecule has 2 nitrogen and oxygen atoms in total. The van der Waals surface area contributed by atoms with Gasteiger partial charge in [-0.25, -0.2) is 0 Å². The lowest BCUT2D eigenvalue weighted by Crippen LogP contribution is -2.08. The maximum atomic E-state index is 3.39. The highest BCUT2D eigenvalue weighted by atomic mass is 15.0. The molecule has 1 aromatic carbocycles. The lowest BCUT2D eigenvalue weighted by Gasteiger charge is -2.20. The van der Waals surface area contributed by atoms with Gasteiger partial charge in [0.05, 0.1) is 0 Å². The molecule has 2 heteroatoms. The van der Waals surface area contributed by atoms with Gasteiger partial charge in [0.2, 0.25) is 0 Å². The summed E-state index contributed by atoms with van der Waals surface area (Å²) in [4.78, 5) is 2.12. The van der Waals surface area contributed by atoms with Gasteiger partial charge in [0.25, 0.3) is 0 Å². The first-order chi connectivity index (χ1) is 8.04. The summed E-state index contributed by atoms with van der Waals surface area (Å²) < 4.78 is 0. The molecular formula is C15H24N2. The molecule has 1 aromatic rings. The number of hydrogen-bond donors (Lipinski definition) is 1. The second-order valence-corrected chi connectivity index (χ2v) is 4.76. The Morgan fingerprint density at radius 1 is 1.18 bits per heavy atom. The van der Waals surface area contributed by atoms with Gasteiger partial charge in [0.1, 0.15) is 0 Å². The van der Waals surface area contributed by atoms with Crippen molar-refractivity contribution in [3.05, 3.63) is 41.1 Å². The molecule has 0 saturated heterocycles. The molecule has 1 heterocycles. The van der Waals surface area contributed by atoms with E-state index in [1.54, 1.807) is 0 Å². The summed E-state index contributed by atoms with van der Waals surface area (Å²) >= 11 is 0. The first-order valence-corrected chi connectivity index (χ1v) is 6.20. The summed E-state index contributed by atoms with van der Waals surface area (Å²) in [6, 6.07) is 8.47. The van der Waals surface area contributed by atoms with Gasteiger partial charge in [-0.15, -0.1) is 0 Å². The Balaban J connectivity index is 0.000000249. The third-order valence-electron chi connectivity index (χ3n) is 3.07. The van der Waals surface area contributed by atoms with Crippen molar-refractivity contribution in [3.63, 3.8) is 0 Å². The van der Waals surface area contributed by atoms with E-state index in [2.05, 4.69) is 69.3 Å². The molecule has 2 rings (SSSR count). The van der Waals surface area contributed by atoms with Crippen molar-refractivity contribution in [2.24, 2.45) is 0 Å². The number of nitrogens with one attached hydrogen (secondary N) is 1. The number of hydrogen-bond acceptors (Lipinski definition) is 2. The minimum absolute atomic E-state index is 1.09. The molecule has 0 saturated carbocycles. The van der Waals surface area contributed by atoms with Gasteiger partial charge in [-0.1, -0.05) is 25.1 Å². The highest BCUT2D eigenvalue weighted by Gasteiger charge is 2.09. The fourth-order valence-electron chi connectivity index (χ4n) is 1.52. The Labute approximate surface area is 105 Å². The lowest BCUT2D eigenvalue weighted by molar-refractivity contribution is 0.434. The molecule has 0 amide bonds. The Morgan fingerprint density at radius 3 is 2.35 bits per heavy atom. The predicted octanol–water partition coefficient (Wildman–Crippen LogP) is 3.52.